The van der Waals surface area contributed by atoms with Crippen molar-refractivity contribution in [2.24, 2.45) is 5.92 Å². The number of nitrogens with zero attached hydrogens (tertiary/aromatic N) is 1. The Morgan fingerprint density at radius 2 is 2.43 bits per heavy atom. The van der Waals surface area contributed by atoms with Gasteiger partial charge in [0.1, 0.15) is 4.60 Å². The van der Waals surface area contributed by atoms with Gasteiger partial charge in [0.05, 0.1) is 5.69 Å². The fourth-order valence-corrected chi connectivity index (χ4v) is 1.27. The first-order valence-corrected chi connectivity index (χ1v) is 5.35. The van der Waals surface area contributed by atoms with E-state index in [1.807, 2.05) is 19.9 Å². The minimum atomic E-state index is 0.0289. The van der Waals surface area contributed by atoms with E-state index in [4.69, 9.17) is 0 Å². The summed E-state index contributed by atoms with van der Waals surface area (Å²) in [7, 11) is 0. The first kappa shape index (κ1) is 11.2. The largest absolute Gasteiger partial charge is 0.324 e. The number of carbonyl (C=O) groups is 1. The van der Waals surface area contributed by atoms with Gasteiger partial charge in [0.15, 0.2) is 0 Å². The Balaban J connectivity index is 2.70. The van der Waals surface area contributed by atoms with Gasteiger partial charge in [0, 0.05) is 12.1 Å². The number of anilines is 1. The molecule has 0 aliphatic heterocycles. The van der Waals surface area contributed by atoms with E-state index in [0.29, 0.717) is 4.60 Å². The number of aromatic nitrogens is 1. The Kier molecular flexibility index (Phi) is 4.07. The zero-order valence-electron chi connectivity index (χ0n) is 8.25. The number of pyridine rings is 1. The third-order valence-corrected chi connectivity index (χ3v) is 2.71. The average molecular weight is 257 g/mol. The third kappa shape index (κ3) is 2.80. The van der Waals surface area contributed by atoms with Crippen molar-refractivity contribution in [1.82, 2.24) is 4.98 Å². The van der Waals surface area contributed by atoms with Gasteiger partial charge in [-0.25, -0.2) is 4.98 Å². The summed E-state index contributed by atoms with van der Waals surface area (Å²) >= 11 is 3.27. The maximum Gasteiger partial charge on any atom is 0.227 e. The van der Waals surface area contributed by atoms with Crippen molar-refractivity contribution in [1.29, 1.82) is 0 Å². The summed E-state index contributed by atoms with van der Waals surface area (Å²) in [5.41, 5.74) is 0.720. The Morgan fingerprint density at radius 1 is 1.71 bits per heavy atom. The molecular formula is C10H13BrN2O. The number of carbonyl (C=O) groups excluding carboxylic acids is 1. The predicted octanol–water partition coefficient (Wildman–Crippen LogP) is 2.83. The van der Waals surface area contributed by atoms with Crippen molar-refractivity contribution in [2.75, 3.05) is 5.32 Å². The third-order valence-electron chi connectivity index (χ3n) is 2.08. The maximum absolute atomic E-state index is 11.5. The van der Waals surface area contributed by atoms with E-state index in [1.165, 1.54) is 0 Å². The first-order valence-electron chi connectivity index (χ1n) is 4.56. The minimum absolute atomic E-state index is 0.0289. The second-order valence-electron chi connectivity index (χ2n) is 3.14. The topological polar surface area (TPSA) is 42.0 Å². The van der Waals surface area contributed by atoms with Gasteiger partial charge in [-0.05, 0) is 34.5 Å². The molecule has 0 aromatic carbocycles. The predicted molar refractivity (Wildman–Crippen MR) is 60.0 cm³/mol. The van der Waals surface area contributed by atoms with Gasteiger partial charge in [-0.2, -0.15) is 0 Å². The highest BCUT2D eigenvalue weighted by molar-refractivity contribution is 9.10. The van der Waals surface area contributed by atoms with Crippen molar-refractivity contribution in [3.63, 3.8) is 0 Å². The molecule has 1 rings (SSSR count). The number of amides is 1. The molecule has 0 bridgehead atoms. The van der Waals surface area contributed by atoms with Gasteiger partial charge in [0.2, 0.25) is 5.91 Å². The van der Waals surface area contributed by atoms with Crippen molar-refractivity contribution >= 4 is 27.5 Å². The van der Waals surface area contributed by atoms with Crippen LogP contribution in [0.15, 0.2) is 22.9 Å². The van der Waals surface area contributed by atoms with E-state index in [-0.39, 0.29) is 11.8 Å². The molecule has 14 heavy (non-hydrogen) atoms. The van der Waals surface area contributed by atoms with Crippen molar-refractivity contribution in [3.8, 4) is 0 Å². The summed E-state index contributed by atoms with van der Waals surface area (Å²) in [5.74, 6) is 0.0586. The molecule has 0 spiro atoms. The summed E-state index contributed by atoms with van der Waals surface area (Å²) in [6.45, 7) is 3.89. The standard InChI is InChI=1S/C10H13BrN2O/c1-3-7(2)10(14)13-8-5-4-6-12-9(8)11/h4-7H,3H2,1-2H3,(H,13,14). The van der Waals surface area contributed by atoms with Gasteiger partial charge in [-0.1, -0.05) is 13.8 Å². The molecule has 3 nitrogen and oxygen atoms in total. The molecule has 1 aromatic rings. The second-order valence-corrected chi connectivity index (χ2v) is 3.89. The molecule has 0 radical (unpaired) electrons. The van der Waals surface area contributed by atoms with Crippen LogP contribution in [0.5, 0.6) is 0 Å². The lowest BCUT2D eigenvalue weighted by atomic mass is 10.1. The number of nitrogens with one attached hydrogen (secondary N) is 1. The van der Waals surface area contributed by atoms with E-state index in [9.17, 15) is 4.79 Å². The van der Waals surface area contributed by atoms with Gasteiger partial charge >= 0.3 is 0 Å². The highest BCUT2D eigenvalue weighted by Gasteiger charge is 2.11. The fourth-order valence-electron chi connectivity index (χ4n) is 0.921. The van der Waals surface area contributed by atoms with E-state index in [2.05, 4.69) is 26.2 Å². The second kappa shape index (κ2) is 5.10. The molecule has 1 amide bonds. The van der Waals surface area contributed by atoms with Crippen LogP contribution in [0, 0.1) is 5.92 Å². The minimum Gasteiger partial charge on any atom is -0.324 e. The van der Waals surface area contributed by atoms with E-state index < -0.39 is 0 Å². The van der Waals surface area contributed by atoms with E-state index in [0.717, 1.165) is 12.1 Å². The smallest absolute Gasteiger partial charge is 0.227 e. The Labute approximate surface area is 92.1 Å². The Bertz CT molecular complexity index is 328. The highest BCUT2D eigenvalue weighted by Crippen LogP contribution is 2.19. The van der Waals surface area contributed by atoms with E-state index >= 15 is 0 Å². The lowest BCUT2D eigenvalue weighted by Gasteiger charge is -2.10. The summed E-state index contributed by atoms with van der Waals surface area (Å²) in [5, 5.41) is 2.81. The molecule has 0 saturated carbocycles. The van der Waals surface area contributed by atoms with Crippen LogP contribution in [0.4, 0.5) is 5.69 Å². The van der Waals surface area contributed by atoms with Gasteiger partial charge in [-0.15, -0.1) is 0 Å². The van der Waals surface area contributed by atoms with Crippen molar-refractivity contribution in [2.45, 2.75) is 20.3 Å². The quantitative estimate of drug-likeness (QED) is 0.846. The Morgan fingerprint density at radius 3 is 3.00 bits per heavy atom. The number of hydrogen-bond acceptors (Lipinski definition) is 2. The molecule has 1 aromatic heterocycles. The first-order chi connectivity index (χ1) is 6.65. The van der Waals surface area contributed by atoms with Crippen LogP contribution >= 0.6 is 15.9 Å². The molecule has 0 aliphatic rings. The number of hydrogen-bond donors (Lipinski definition) is 1. The highest BCUT2D eigenvalue weighted by atomic mass is 79.9. The molecular weight excluding hydrogens is 244 g/mol. The van der Waals surface area contributed by atoms with Crippen LogP contribution in [0.25, 0.3) is 0 Å². The summed E-state index contributed by atoms with van der Waals surface area (Å²) < 4.78 is 0.664. The average Bonchev–Trinajstić information content (AvgIpc) is 2.20. The molecule has 1 N–H and O–H groups in total. The summed E-state index contributed by atoms with van der Waals surface area (Å²) in [6.07, 6.45) is 2.51. The van der Waals surface area contributed by atoms with Crippen LogP contribution in [-0.4, -0.2) is 10.9 Å². The zero-order valence-corrected chi connectivity index (χ0v) is 9.84. The van der Waals surface area contributed by atoms with Crippen molar-refractivity contribution < 1.29 is 4.79 Å². The lowest BCUT2D eigenvalue weighted by molar-refractivity contribution is -0.119. The molecule has 0 saturated heterocycles. The molecule has 1 atom stereocenters. The SMILES string of the molecule is CCC(C)C(=O)Nc1cccnc1Br. The van der Waals surface area contributed by atoms with Crippen LogP contribution in [-0.2, 0) is 4.79 Å². The fraction of sp³-hybridized carbons (Fsp3) is 0.400. The molecule has 1 heterocycles. The molecule has 4 heteroatoms. The zero-order chi connectivity index (χ0) is 10.6. The summed E-state index contributed by atoms with van der Waals surface area (Å²) in [6, 6.07) is 3.61. The van der Waals surface area contributed by atoms with Crippen LogP contribution < -0.4 is 5.32 Å². The van der Waals surface area contributed by atoms with Crippen LogP contribution in [0.2, 0.25) is 0 Å². The van der Waals surface area contributed by atoms with Crippen LogP contribution in [0.3, 0.4) is 0 Å². The van der Waals surface area contributed by atoms with Gasteiger partial charge < -0.3 is 5.32 Å². The summed E-state index contributed by atoms with van der Waals surface area (Å²) in [4.78, 5) is 15.6. The number of rotatable bonds is 3. The molecule has 76 valence electrons. The van der Waals surface area contributed by atoms with E-state index in [1.54, 1.807) is 12.3 Å². The lowest BCUT2D eigenvalue weighted by Crippen LogP contribution is -2.19. The molecule has 0 aliphatic carbocycles. The Hall–Kier alpha value is -0.900. The monoisotopic (exact) mass is 256 g/mol. The molecule has 1 unspecified atom stereocenters. The molecule has 0 fully saturated rings. The number of halogens is 1. The van der Waals surface area contributed by atoms with Crippen molar-refractivity contribution in [3.05, 3.63) is 22.9 Å². The normalized spacial score (nSPS) is 12.2. The van der Waals surface area contributed by atoms with Gasteiger partial charge in [0.25, 0.3) is 0 Å². The van der Waals surface area contributed by atoms with Crippen LogP contribution in [0.1, 0.15) is 20.3 Å². The van der Waals surface area contributed by atoms with Gasteiger partial charge in [-0.3, -0.25) is 4.79 Å². The maximum atomic E-state index is 11.5.